The van der Waals surface area contributed by atoms with Crippen molar-refractivity contribution < 1.29 is 14.3 Å². The average molecular weight is 410 g/mol. The Labute approximate surface area is 178 Å². The first kappa shape index (κ1) is 21.8. The van der Waals surface area contributed by atoms with E-state index in [0.717, 1.165) is 17.7 Å². The lowest BCUT2D eigenvalue weighted by Gasteiger charge is -2.27. The van der Waals surface area contributed by atoms with Crippen LogP contribution in [0, 0.1) is 5.92 Å². The maximum absolute atomic E-state index is 12.9. The van der Waals surface area contributed by atoms with Crippen LogP contribution in [0.4, 0.5) is 5.69 Å². The summed E-state index contributed by atoms with van der Waals surface area (Å²) < 4.78 is 5.16. The van der Waals surface area contributed by atoms with Crippen LogP contribution in [0.2, 0.25) is 0 Å². The van der Waals surface area contributed by atoms with Crippen molar-refractivity contribution in [2.45, 2.75) is 39.4 Å². The molecule has 30 heavy (non-hydrogen) atoms. The number of nitrogens with one attached hydrogen (secondary N) is 2. The molecule has 0 aliphatic carbocycles. The van der Waals surface area contributed by atoms with Crippen molar-refractivity contribution in [1.82, 2.24) is 10.2 Å². The van der Waals surface area contributed by atoms with Gasteiger partial charge in [-0.2, -0.15) is 0 Å². The molecule has 3 rings (SSSR count). The van der Waals surface area contributed by atoms with Crippen molar-refractivity contribution in [2.24, 2.45) is 5.92 Å². The molecule has 1 aliphatic rings. The van der Waals surface area contributed by atoms with Gasteiger partial charge in [0.25, 0.3) is 11.8 Å². The lowest BCUT2D eigenvalue weighted by Crippen LogP contribution is -2.36. The van der Waals surface area contributed by atoms with Crippen LogP contribution >= 0.6 is 0 Å². The van der Waals surface area contributed by atoms with Gasteiger partial charge in [-0.15, -0.1) is 0 Å². The minimum atomic E-state index is -0.279. The van der Waals surface area contributed by atoms with Crippen molar-refractivity contribution in [3.8, 4) is 0 Å². The molecule has 2 amide bonds. The number of anilines is 1. The molecular weight excluding hydrogens is 378 g/mol. The predicted molar refractivity (Wildman–Crippen MR) is 119 cm³/mol. The van der Waals surface area contributed by atoms with Crippen molar-refractivity contribution in [3.63, 3.8) is 0 Å². The summed E-state index contributed by atoms with van der Waals surface area (Å²) in [5.74, 6) is 0.274. The number of hydrogen-bond acceptors (Lipinski definition) is 4. The van der Waals surface area contributed by atoms with Gasteiger partial charge in [-0.05, 0) is 43.5 Å². The van der Waals surface area contributed by atoms with Gasteiger partial charge in [-0.1, -0.05) is 38.1 Å². The number of carbonyl (C=O) groups excluding carboxylic acids is 2. The summed E-state index contributed by atoms with van der Waals surface area (Å²) in [6.45, 7) is 7.34. The van der Waals surface area contributed by atoms with Gasteiger partial charge < -0.3 is 20.3 Å². The average Bonchev–Trinajstić information content (AvgIpc) is 3.00. The summed E-state index contributed by atoms with van der Waals surface area (Å²) >= 11 is 0. The fourth-order valence-electron chi connectivity index (χ4n) is 3.50. The number of methoxy groups -OCH3 is 1. The van der Waals surface area contributed by atoms with E-state index in [-0.39, 0.29) is 24.0 Å². The fourth-order valence-corrected chi connectivity index (χ4v) is 3.50. The van der Waals surface area contributed by atoms with E-state index in [0.29, 0.717) is 30.2 Å². The quantitative estimate of drug-likeness (QED) is 0.613. The first-order valence-electron chi connectivity index (χ1n) is 10.5. The molecule has 0 radical (unpaired) electrons. The Morgan fingerprint density at radius 2 is 1.90 bits per heavy atom. The maximum Gasteiger partial charge on any atom is 0.256 e. The molecule has 0 aromatic heterocycles. The van der Waals surface area contributed by atoms with E-state index < -0.39 is 0 Å². The molecule has 6 nitrogen and oxygen atoms in total. The monoisotopic (exact) mass is 409 g/mol. The van der Waals surface area contributed by atoms with E-state index in [9.17, 15) is 9.59 Å². The second kappa shape index (κ2) is 9.76. The number of hydrogen-bond donors (Lipinski definition) is 2. The fraction of sp³-hybridized carbons (Fsp3) is 0.417. The highest BCUT2D eigenvalue weighted by Crippen LogP contribution is 2.34. The van der Waals surface area contributed by atoms with Gasteiger partial charge >= 0.3 is 0 Å². The molecule has 1 heterocycles. The zero-order chi connectivity index (χ0) is 21.7. The topological polar surface area (TPSA) is 70.7 Å². The van der Waals surface area contributed by atoms with Gasteiger partial charge in [-0.3, -0.25) is 9.59 Å². The molecule has 160 valence electrons. The molecule has 1 aliphatic heterocycles. The zero-order valence-corrected chi connectivity index (χ0v) is 18.1. The van der Waals surface area contributed by atoms with E-state index in [1.165, 1.54) is 0 Å². The maximum atomic E-state index is 12.9. The third kappa shape index (κ3) is 4.82. The summed E-state index contributed by atoms with van der Waals surface area (Å²) in [5.41, 5.74) is 3.05. The summed E-state index contributed by atoms with van der Waals surface area (Å²) in [4.78, 5) is 27.4. The van der Waals surface area contributed by atoms with Gasteiger partial charge in [-0.25, -0.2) is 0 Å². The molecule has 2 aromatic rings. The van der Waals surface area contributed by atoms with Crippen LogP contribution in [-0.4, -0.2) is 43.0 Å². The van der Waals surface area contributed by atoms with E-state index >= 15 is 0 Å². The van der Waals surface area contributed by atoms with Crippen molar-refractivity contribution in [3.05, 3.63) is 65.2 Å². The minimum absolute atomic E-state index is 0.0128. The largest absolute Gasteiger partial charge is 0.385 e. The van der Waals surface area contributed by atoms with Crippen molar-refractivity contribution in [1.29, 1.82) is 0 Å². The lowest BCUT2D eigenvalue weighted by atomic mass is 10.1. The Kier molecular flexibility index (Phi) is 7.11. The molecule has 0 fully saturated rings. The summed E-state index contributed by atoms with van der Waals surface area (Å²) in [7, 11) is 1.66. The Morgan fingerprint density at radius 3 is 2.63 bits per heavy atom. The first-order chi connectivity index (χ1) is 14.4. The smallest absolute Gasteiger partial charge is 0.256 e. The number of fused-ring (bicyclic) bond motifs is 1. The zero-order valence-electron chi connectivity index (χ0n) is 18.1. The van der Waals surface area contributed by atoms with E-state index in [1.54, 1.807) is 13.2 Å². The van der Waals surface area contributed by atoms with Gasteiger partial charge in [0.15, 0.2) is 0 Å². The number of carbonyl (C=O) groups is 2. The first-order valence-corrected chi connectivity index (χ1v) is 10.5. The van der Waals surface area contributed by atoms with E-state index in [2.05, 4.69) is 24.5 Å². The van der Waals surface area contributed by atoms with Crippen LogP contribution in [0.15, 0.2) is 48.5 Å². The highest BCUT2D eigenvalue weighted by molar-refractivity contribution is 5.99. The van der Waals surface area contributed by atoms with E-state index in [1.807, 2.05) is 54.3 Å². The Hall–Kier alpha value is -2.86. The summed E-state index contributed by atoms with van der Waals surface area (Å²) in [5, 5.41) is 6.50. The van der Waals surface area contributed by atoms with Gasteiger partial charge in [0, 0.05) is 48.7 Å². The molecular formula is C24H31N3O3. The number of benzene rings is 2. The molecule has 2 atom stereocenters. The highest BCUT2D eigenvalue weighted by atomic mass is 16.5. The van der Waals surface area contributed by atoms with Crippen LogP contribution < -0.4 is 10.6 Å². The van der Waals surface area contributed by atoms with Gasteiger partial charge in [0.2, 0.25) is 0 Å². The third-order valence-electron chi connectivity index (χ3n) is 5.59. The van der Waals surface area contributed by atoms with Crippen molar-refractivity contribution in [2.75, 3.05) is 25.6 Å². The molecule has 2 aromatic carbocycles. The normalized spacial score (nSPS) is 16.5. The van der Waals surface area contributed by atoms with Crippen LogP contribution in [0.5, 0.6) is 0 Å². The number of nitrogens with zero attached hydrogens (tertiary/aromatic N) is 1. The Balaban J connectivity index is 1.81. The molecule has 0 saturated carbocycles. The van der Waals surface area contributed by atoms with Crippen molar-refractivity contribution >= 4 is 17.5 Å². The molecule has 0 spiro atoms. The molecule has 6 heteroatoms. The second-order valence-corrected chi connectivity index (χ2v) is 8.07. The van der Waals surface area contributed by atoms with E-state index in [4.69, 9.17) is 4.74 Å². The molecule has 2 unspecified atom stereocenters. The molecule has 2 N–H and O–H groups in total. The van der Waals surface area contributed by atoms with Crippen LogP contribution in [0.25, 0.3) is 0 Å². The van der Waals surface area contributed by atoms with Crippen LogP contribution in [-0.2, 0) is 4.74 Å². The molecule has 0 bridgehead atoms. The minimum Gasteiger partial charge on any atom is -0.385 e. The number of ether oxygens (including phenoxy) is 1. The Morgan fingerprint density at radius 1 is 1.13 bits per heavy atom. The number of rotatable bonds is 9. The lowest BCUT2D eigenvalue weighted by molar-refractivity contribution is 0.0721. The predicted octanol–water partition coefficient (Wildman–Crippen LogP) is 4.06. The van der Waals surface area contributed by atoms with Crippen LogP contribution in [0.1, 0.15) is 59.6 Å². The summed E-state index contributed by atoms with van der Waals surface area (Å²) in [6, 6.07) is 15.2. The van der Waals surface area contributed by atoms with Gasteiger partial charge in [0.1, 0.15) is 6.17 Å². The summed E-state index contributed by atoms with van der Waals surface area (Å²) in [6.07, 6.45) is 0.475. The van der Waals surface area contributed by atoms with Crippen LogP contribution in [0.3, 0.4) is 0 Å². The Bertz CT molecular complexity index is 897. The highest BCUT2D eigenvalue weighted by Gasteiger charge is 2.36. The second-order valence-electron chi connectivity index (χ2n) is 8.07. The SMILES string of the molecule is COCCCN1C(=O)c2ccccc2C1Nc1cccc(C(=O)NC(C)C(C)C)c1. The number of amides is 2. The third-order valence-corrected chi connectivity index (χ3v) is 5.59. The molecule has 0 saturated heterocycles. The van der Waals surface area contributed by atoms with Gasteiger partial charge in [0.05, 0.1) is 0 Å². The standard InChI is InChI=1S/C24H31N3O3/c1-16(2)17(3)25-23(28)18-9-7-10-19(15-18)26-22-20-11-5-6-12-21(20)24(29)27(22)13-8-14-30-4/h5-7,9-12,15-17,22,26H,8,13-14H2,1-4H3,(H,25,28).